The number of Topliss-reactive ketones (excluding diaryl/α,β-unsaturated/α-hetero) is 1. The van der Waals surface area contributed by atoms with Crippen molar-refractivity contribution in [1.82, 2.24) is 19.5 Å². The number of nitrogens with zero attached hydrogens (tertiary/aromatic N) is 5. The number of rotatable bonds is 8. The number of carbonyl (C=O) groups excluding carboxylic acids is 2. The second kappa shape index (κ2) is 10.0. The summed E-state index contributed by atoms with van der Waals surface area (Å²) in [7, 11) is 1.49. The van der Waals surface area contributed by atoms with E-state index in [1.54, 1.807) is 29.2 Å². The Hall–Kier alpha value is -3.86. The van der Waals surface area contributed by atoms with Crippen molar-refractivity contribution in [2.45, 2.75) is 44.8 Å². The van der Waals surface area contributed by atoms with E-state index in [-0.39, 0.29) is 42.7 Å². The highest BCUT2D eigenvalue weighted by Crippen LogP contribution is 2.30. The molecule has 1 unspecified atom stereocenters. The first kappa shape index (κ1) is 23.9. The van der Waals surface area contributed by atoms with Crippen molar-refractivity contribution in [2.24, 2.45) is 5.92 Å². The van der Waals surface area contributed by atoms with Gasteiger partial charge < -0.3 is 14.6 Å². The van der Waals surface area contributed by atoms with E-state index in [0.717, 1.165) is 6.42 Å². The van der Waals surface area contributed by atoms with Crippen molar-refractivity contribution < 1.29 is 24.2 Å². The van der Waals surface area contributed by atoms with Crippen LogP contribution in [0.4, 0.5) is 5.82 Å². The lowest BCUT2D eigenvalue weighted by atomic mass is 9.99. The number of anilines is 1. The number of pyridine rings is 2. The molecule has 0 radical (unpaired) electrons. The Morgan fingerprint density at radius 2 is 2.06 bits per heavy atom. The quantitative estimate of drug-likeness (QED) is 0.492. The molecule has 36 heavy (non-hydrogen) atoms. The van der Waals surface area contributed by atoms with Gasteiger partial charge >= 0.3 is 0 Å². The first-order valence-corrected chi connectivity index (χ1v) is 11.9. The summed E-state index contributed by atoms with van der Waals surface area (Å²) < 4.78 is 11.9. The van der Waals surface area contributed by atoms with Gasteiger partial charge in [-0.15, -0.1) is 0 Å². The summed E-state index contributed by atoms with van der Waals surface area (Å²) in [6.45, 7) is 0.683. The number of aliphatic hydroxyl groups is 1. The van der Waals surface area contributed by atoms with Crippen LogP contribution in [0.3, 0.4) is 0 Å². The van der Waals surface area contributed by atoms with E-state index in [0.29, 0.717) is 60.1 Å². The predicted octanol–water partition coefficient (Wildman–Crippen LogP) is 1.28. The van der Waals surface area contributed by atoms with Crippen LogP contribution in [0.15, 0.2) is 35.3 Å². The van der Waals surface area contributed by atoms with Gasteiger partial charge in [0.1, 0.15) is 23.7 Å². The molecule has 3 aromatic rings. The number of hydrogen-bond acceptors (Lipinski definition) is 9. The summed E-state index contributed by atoms with van der Waals surface area (Å²) in [5, 5.41) is 10.6. The number of hydrogen-bond donors (Lipinski definition) is 1. The maximum atomic E-state index is 12.6. The van der Waals surface area contributed by atoms with E-state index in [2.05, 4.69) is 15.0 Å². The van der Waals surface area contributed by atoms with Crippen LogP contribution in [0.25, 0.3) is 11.2 Å². The Balaban J connectivity index is 1.17. The summed E-state index contributed by atoms with van der Waals surface area (Å²) in [6, 6.07) is 6.89. The molecule has 2 atom stereocenters. The van der Waals surface area contributed by atoms with Crippen molar-refractivity contribution in [3.63, 3.8) is 0 Å². The Morgan fingerprint density at radius 1 is 1.19 bits per heavy atom. The minimum atomic E-state index is -0.755. The maximum absolute atomic E-state index is 12.6. The van der Waals surface area contributed by atoms with Crippen LogP contribution < -0.4 is 19.9 Å². The van der Waals surface area contributed by atoms with Gasteiger partial charge in [-0.05, 0) is 37.0 Å². The molecule has 2 aliphatic rings. The number of aliphatic hydroxyl groups excluding tert-OH is 1. The average molecular weight is 494 g/mol. The van der Waals surface area contributed by atoms with Crippen molar-refractivity contribution >= 4 is 28.7 Å². The number of amides is 1. The molecule has 0 bridgehead atoms. The predicted molar refractivity (Wildman–Crippen MR) is 129 cm³/mol. The van der Waals surface area contributed by atoms with Gasteiger partial charge in [0, 0.05) is 19.0 Å². The SMILES string of the molecule is COc1ccc2ncc(=O)n(CC(O)CCC[C@H]3CC(=O)N(c4ccc5c(n4)CC(=O)CO5)C3)c2n1. The zero-order valence-corrected chi connectivity index (χ0v) is 19.9. The van der Waals surface area contributed by atoms with Crippen molar-refractivity contribution in [3.05, 3.63) is 46.5 Å². The molecule has 1 saturated heterocycles. The van der Waals surface area contributed by atoms with Crippen molar-refractivity contribution in [3.8, 4) is 11.6 Å². The Morgan fingerprint density at radius 3 is 2.89 bits per heavy atom. The summed E-state index contributed by atoms with van der Waals surface area (Å²) in [6.07, 6.45) is 3.01. The first-order chi connectivity index (χ1) is 17.4. The molecule has 5 rings (SSSR count). The number of ether oxygens (including phenoxy) is 2. The van der Waals surface area contributed by atoms with Crippen LogP contribution in [-0.2, 0) is 22.6 Å². The number of fused-ring (bicyclic) bond motifs is 2. The molecule has 0 spiro atoms. The largest absolute Gasteiger partial charge is 0.484 e. The second-order valence-electron chi connectivity index (χ2n) is 9.18. The van der Waals surface area contributed by atoms with Crippen LogP contribution in [0.1, 0.15) is 31.4 Å². The Labute approximate surface area is 206 Å². The molecule has 0 aromatic carbocycles. The molecule has 1 fully saturated rings. The lowest BCUT2D eigenvalue weighted by Gasteiger charge is -2.20. The number of aromatic nitrogens is 4. The van der Waals surface area contributed by atoms with Gasteiger partial charge in [0.15, 0.2) is 11.4 Å². The molecule has 1 N–H and O–H groups in total. The molecule has 3 aromatic heterocycles. The molecular weight excluding hydrogens is 466 g/mol. The number of methoxy groups -OCH3 is 1. The third kappa shape index (κ3) is 4.92. The smallest absolute Gasteiger partial charge is 0.270 e. The second-order valence-corrected chi connectivity index (χ2v) is 9.18. The van der Waals surface area contributed by atoms with Crippen LogP contribution in [0.2, 0.25) is 0 Å². The molecular formula is C25H27N5O6. The molecule has 2 aliphatic heterocycles. The minimum absolute atomic E-state index is 0.00844. The summed E-state index contributed by atoms with van der Waals surface area (Å²) >= 11 is 0. The van der Waals surface area contributed by atoms with Crippen molar-refractivity contribution in [2.75, 3.05) is 25.2 Å². The van der Waals surface area contributed by atoms with Gasteiger partial charge in [0.25, 0.3) is 5.56 Å². The summed E-state index contributed by atoms with van der Waals surface area (Å²) in [4.78, 5) is 51.3. The van der Waals surface area contributed by atoms with Crippen LogP contribution in [-0.4, -0.2) is 62.7 Å². The van der Waals surface area contributed by atoms with Gasteiger partial charge in [-0.2, -0.15) is 4.98 Å². The van der Waals surface area contributed by atoms with E-state index in [1.807, 2.05) is 0 Å². The zero-order chi connectivity index (χ0) is 25.2. The molecule has 1 amide bonds. The molecule has 188 valence electrons. The van der Waals surface area contributed by atoms with Crippen LogP contribution >= 0.6 is 0 Å². The van der Waals surface area contributed by atoms with Crippen LogP contribution in [0, 0.1) is 5.92 Å². The highest BCUT2D eigenvalue weighted by atomic mass is 16.5. The fourth-order valence-electron chi connectivity index (χ4n) is 4.73. The fourth-order valence-corrected chi connectivity index (χ4v) is 4.73. The lowest BCUT2D eigenvalue weighted by Crippen LogP contribution is -2.28. The summed E-state index contributed by atoms with van der Waals surface area (Å²) in [5.74, 6) is 1.58. The lowest BCUT2D eigenvalue weighted by molar-refractivity contribution is -0.121. The molecule has 0 aliphatic carbocycles. The molecule has 0 saturated carbocycles. The molecule has 11 nitrogen and oxygen atoms in total. The van der Waals surface area contributed by atoms with E-state index in [4.69, 9.17) is 9.47 Å². The van der Waals surface area contributed by atoms with E-state index in [1.165, 1.54) is 17.9 Å². The highest BCUT2D eigenvalue weighted by molar-refractivity contribution is 5.95. The van der Waals surface area contributed by atoms with E-state index in [9.17, 15) is 19.5 Å². The third-order valence-electron chi connectivity index (χ3n) is 6.57. The normalized spacial score (nSPS) is 18.3. The minimum Gasteiger partial charge on any atom is -0.484 e. The maximum Gasteiger partial charge on any atom is 0.270 e. The van der Waals surface area contributed by atoms with Crippen LogP contribution in [0.5, 0.6) is 11.6 Å². The monoisotopic (exact) mass is 493 g/mol. The van der Waals surface area contributed by atoms with Gasteiger partial charge in [0.2, 0.25) is 11.8 Å². The third-order valence-corrected chi connectivity index (χ3v) is 6.57. The van der Waals surface area contributed by atoms with Gasteiger partial charge in [-0.25, -0.2) is 9.97 Å². The zero-order valence-electron chi connectivity index (χ0n) is 19.9. The topological polar surface area (TPSA) is 137 Å². The average Bonchev–Trinajstić information content (AvgIpc) is 3.25. The van der Waals surface area contributed by atoms with Gasteiger partial charge in [0.05, 0.1) is 38.1 Å². The number of carbonyl (C=O) groups is 2. The Bertz CT molecular complexity index is 1370. The molecule has 5 heterocycles. The van der Waals surface area contributed by atoms with E-state index >= 15 is 0 Å². The fraction of sp³-hybridized carbons (Fsp3) is 0.440. The standard InChI is InChI=1S/C25H27N5O6/c1-35-22-8-5-18-25(28-22)30(24(34)11-26-18)13-16(31)4-2-3-15-9-23(33)29(12-15)21-7-6-20-19(27-21)10-17(32)14-36-20/h5-8,11,15-16,31H,2-4,9-10,12-14H2,1H3/t15-,16?/m0/s1. The molecule has 11 heteroatoms. The van der Waals surface area contributed by atoms with Gasteiger partial charge in [-0.1, -0.05) is 6.42 Å². The van der Waals surface area contributed by atoms with E-state index < -0.39 is 6.10 Å². The first-order valence-electron chi connectivity index (χ1n) is 11.9. The highest BCUT2D eigenvalue weighted by Gasteiger charge is 2.32. The van der Waals surface area contributed by atoms with Gasteiger partial charge in [-0.3, -0.25) is 23.9 Å². The number of ketones is 1. The summed E-state index contributed by atoms with van der Waals surface area (Å²) in [5.41, 5.74) is 1.12. The Kier molecular flexibility index (Phi) is 6.64. The van der Waals surface area contributed by atoms with Crippen molar-refractivity contribution in [1.29, 1.82) is 0 Å².